The van der Waals surface area contributed by atoms with E-state index in [4.69, 9.17) is 4.98 Å². The molecule has 0 amide bonds. The first-order valence-electron chi connectivity index (χ1n) is 12.1. The molecule has 1 saturated carbocycles. The lowest BCUT2D eigenvalue weighted by Crippen LogP contribution is -2.14. The van der Waals surface area contributed by atoms with E-state index in [0.29, 0.717) is 5.92 Å². The number of rotatable bonds is 10. The maximum absolute atomic E-state index is 5.00. The van der Waals surface area contributed by atoms with Gasteiger partial charge in [-0.2, -0.15) is 0 Å². The van der Waals surface area contributed by atoms with Gasteiger partial charge < -0.3 is 0 Å². The number of unbranched alkanes of at least 4 members (excludes halogenated alkanes) is 4. The molecule has 1 aromatic carbocycles. The topological polar surface area (TPSA) is 25.8 Å². The van der Waals surface area contributed by atoms with Crippen LogP contribution in [0.25, 0.3) is 11.4 Å². The van der Waals surface area contributed by atoms with Gasteiger partial charge in [0.05, 0.1) is 0 Å². The Morgan fingerprint density at radius 1 is 0.897 bits per heavy atom. The van der Waals surface area contributed by atoms with E-state index in [1.807, 2.05) is 6.20 Å². The average Bonchev–Trinajstić information content (AvgIpc) is 2.76. The van der Waals surface area contributed by atoms with Crippen molar-refractivity contribution in [1.82, 2.24) is 9.97 Å². The molecule has 2 heteroatoms. The van der Waals surface area contributed by atoms with Crippen LogP contribution in [0.4, 0.5) is 0 Å². The zero-order valence-corrected chi connectivity index (χ0v) is 18.9. The molecule has 0 spiro atoms. The molecule has 0 aliphatic heterocycles. The zero-order valence-electron chi connectivity index (χ0n) is 18.9. The van der Waals surface area contributed by atoms with E-state index >= 15 is 0 Å². The third-order valence-electron chi connectivity index (χ3n) is 6.81. The van der Waals surface area contributed by atoms with Gasteiger partial charge >= 0.3 is 0 Å². The van der Waals surface area contributed by atoms with Crippen molar-refractivity contribution in [2.45, 2.75) is 104 Å². The Bertz CT molecular complexity index is 744. The van der Waals surface area contributed by atoms with Gasteiger partial charge in [-0.15, -0.1) is 0 Å². The first-order chi connectivity index (χ1) is 14.2. The van der Waals surface area contributed by atoms with Crippen molar-refractivity contribution in [2.75, 3.05) is 0 Å². The fourth-order valence-corrected chi connectivity index (χ4v) is 4.85. The molecule has 0 atom stereocenters. The van der Waals surface area contributed by atoms with Crippen LogP contribution < -0.4 is 0 Å². The highest BCUT2D eigenvalue weighted by molar-refractivity contribution is 5.57. The molecular weight excluding hydrogens is 352 g/mol. The summed E-state index contributed by atoms with van der Waals surface area (Å²) in [6, 6.07) is 8.94. The summed E-state index contributed by atoms with van der Waals surface area (Å²) in [5.74, 6) is 2.46. The lowest BCUT2D eigenvalue weighted by atomic mass is 9.78. The first-order valence-corrected chi connectivity index (χ1v) is 12.1. The minimum absolute atomic E-state index is 0.619. The van der Waals surface area contributed by atoms with Gasteiger partial charge in [0.2, 0.25) is 0 Å². The van der Waals surface area contributed by atoms with Crippen molar-refractivity contribution in [1.29, 1.82) is 0 Å². The Labute approximate surface area is 178 Å². The van der Waals surface area contributed by atoms with E-state index in [2.05, 4.69) is 50.0 Å². The summed E-state index contributed by atoms with van der Waals surface area (Å²) >= 11 is 0. The lowest BCUT2D eigenvalue weighted by Gasteiger charge is -2.28. The first kappa shape index (κ1) is 22.0. The van der Waals surface area contributed by atoms with Crippen molar-refractivity contribution in [3.63, 3.8) is 0 Å². The van der Waals surface area contributed by atoms with E-state index in [0.717, 1.165) is 17.3 Å². The van der Waals surface area contributed by atoms with Crippen LogP contribution in [-0.4, -0.2) is 9.97 Å². The van der Waals surface area contributed by atoms with Gasteiger partial charge in [0.1, 0.15) is 0 Å². The highest BCUT2D eigenvalue weighted by Crippen LogP contribution is 2.37. The van der Waals surface area contributed by atoms with Gasteiger partial charge in [-0.25, -0.2) is 9.97 Å². The minimum atomic E-state index is 0.619. The van der Waals surface area contributed by atoms with Crippen LogP contribution in [0.3, 0.4) is 0 Å². The molecule has 2 aromatic rings. The van der Waals surface area contributed by atoms with Crippen molar-refractivity contribution in [3.05, 3.63) is 47.3 Å². The second-order valence-electron chi connectivity index (χ2n) is 9.12. The molecule has 1 aliphatic carbocycles. The molecule has 1 heterocycles. The van der Waals surface area contributed by atoms with Gasteiger partial charge in [0.25, 0.3) is 0 Å². The van der Waals surface area contributed by atoms with Crippen LogP contribution in [0.15, 0.2) is 30.5 Å². The van der Waals surface area contributed by atoms with Crippen LogP contribution in [0.2, 0.25) is 0 Å². The smallest absolute Gasteiger partial charge is 0.159 e. The van der Waals surface area contributed by atoms with Crippen LogP contribution in [0.5, 0.6) is 0 Å². The molecule has 0 radical (unpaired) electrons. The van der Waals surface area contributed by atoms with E-state index in [1.165, 1.54) is 93.9 Å². The SMILES string of the molecule is CCCCCc1ccc(-c2nccc(C3CCC(CCCCC)CC3)n2)cc1C. The summed E-state index contributed by atoms with van der Waals surface area (Å²) in [5.41, 5.74) is 5.27. The van der Waals surface area contributed by atoms with Crippen molar-refractivity contribution < 1.29 is 0 Å². The number of hydrogen-bond acceptors (Lipinski definition) is 2. The Balaban J connectivity index is 1.62. The molecule has 1 fully saturated rings. The van der Waals surface area contributed by atoms with Crippen LogP contribution in [0.1, 0.15) is 107 Å². The maximum atomic E-state index is 5.00. The van der Waals surface area contributed by atoms with Crippen molar-refractivity contribution >= 4 is 0 Å². The Kier molecular flexibility index (Phi) is 8.70. The van der Waals surface area contributed by atoms with Gasteiger partial charge in [-0.1, -0.05) is 64.5 Å². The van der Waals surface area contributed by atoms with Crippen molar-refractivity contribution in [2.24, 2.45) is 5.92 Å². The number of nitrogens with zero attached hydrogens (tertiary/aromatic N) is 2. The van der Waals surface area contributed by atoms with E-state index in [1.54, 1.807) is 0 Å². The second-order valence-corrected chi connectivity index (χ2v) is 9.12. The Morgan fingerprint density at radius 3 is 2.38 bits per heavy atom. The minimum Gasteiger partial charge on any atom is -0.237 e. The molecular formula is C27H40N2. The highest BCUT2D eigenvalue weighted by atomic mass is 14.9. The summed E-state index contributed by atoms with van der Waals surface area (Å²) in [4.78, 5) is 9.61. The maximum Gasteiger partial charge on any atom is 0.159 e. The number of benzene rings is 1. The van der Waals surface area contributed by atoms with Crippen LogP contribution in [0, 0.1) is 12.8 Å². The third-order valence-corrected chi connectivity index (χ3v) is 6.81. The fourth-order valence-electron chi connectivity index (χ4n) is 4.85. The predicted molar refractivity (Wildman–Crippen MR) is 124 cm³/mol. The molecule has 1 aromatic heterocycles. The van der Waals surface area contributed by atoms with Crippen LogP contribution >= 0.6 is 0 Å². The molecule has 1 aliphatic rings. The van der Waals surface area contributed by atoms with Gasteiger partial charge in [-0.3, -0.25) is 0 Å². The number of aromatic nitrogens is 2. The average molecular weight is 393 g/mol. The Morgan fingerprint density at radius 2 is 1.66 bits per heavy atom. The molecule has 3 rings (SSSR count). The molecule has 0 bridgehead atoms. The van der Waals surface area contributed by atoms with E-state index in [9.17, 15) is 0 Å². The quantitative estimate of drug-likeness (QED) is 0.382. The summed E-state index contributed by atoms with van der Waals surface area (Å²) in [6.45, 7) is 6.79. The highest BCUT2D eigenvalue weighted by Gasteiger charge is 2.23. The van der Waals surface area contributed by atoms with Gasteiger partial charge in [-0.05, 0) is 74.6 Å². The molecule has 0 unspecified atom stereocenters. The fraction of sp³-hybridized carbons (Fsp3) is 0.630. The standard InChI is InChI=1S/C27H40N2/c1-4-6-8-10-22-12-14-24(15-13-22)26-18-19-28-27(29-26)25-17-16-23(21(3)20-25)11-9-7-5-2/h16-20,22,24H,4-15H2,1-3H3. The lowest BCUT2D eigenvalue weighted by molar-refractivity contribution is 0.300. The number of aryl methyl sites for hydroxylation is 2. The van der Waals surface area contributed by atoms with Gasteiger partial charge in [0, 0.05) is 23.4 Å². The van der Waals surface area contributed by atoms with E-state index in [-0.39, 0.29) is 0 Å². The summed E-state index contributed by atoms with van der Waals surface area (Å²) in [7, 11) is 0. The summed E-state index contributed by atoms with van der Waals surface area (Å²) in [5, 5.41) is 0. The van der Waals surface area contributed by atoms with Crippen LogP contribution in [-0.2, 0) is 6.42 Å². The number of hydrogen-bond donors (Lipinski definition) is 0. The van der Waals surface area contributed by atoms with Crippen molar-refractivity contribution in [3.8, 4) is 11.4 Å². The normalized spacial score (nSPS) is 19.4. The van der Waals surface area contributed by atoms with E-state index < -0.39 is 0 Å². The predicted octanol–water partition coefficient (Wildman–Crippen LogP) is 8.04. The molecule has 0 N–H and O–H groups in total. The second kappa shape index (κ2) is 11.5. The van der Waals surface area contributed by atoms with Gasteiger partial charge in [0.15, 0.2) is 5.82 Å². The molecule has 29 heavy (non-hydrogen) atoms. The Hall–Kier alpha value is -1.70. The largest absolute Gasteiger partial charge is 0.237 e. The summed E-state index contributed by atoms with van der Waals surface area (Å²) < 4.78 is 0. The molecule has 2 nitrogen and oxygen atoms in total. The monoisotopic (exact) mass is 392 g/mol. The molecule has 158 valence electrons. The molecule has 0 saturated heterocycles. The zero-order chi connectivity index (χ0) is 20.5. The summed E-state index contributed by atoms with van der Waals surface area (Å²) in [6.07, 6.45) is 17.9. The third kappa shape index (κ3) is 6.39.